The van der Waals surface area contributed by atoms with Gasteiger partial charge < -0.3 is 59.6 Å². The fourth-order valence-electron chi connectivity index (χ4n) is 2.20. The number of nitrogens with two attached hydrogens (primary N) is 1. The summed E-state index contributed by atoms with van der Waals surface area (Å²) in [4.78, 5) is 86.8. The average molecular weight is 577 g/mol. The van der Waals surface area contributed by atoms with Crippen molar-refractivity contribution >= 4 is 53.2 Å². The summed E-state index contributed by atoms with van der Waals surface area (Å²) in [5.74, 6) is 0.0263. The summed E-state index contributed by atoms with van der Waals surface area (Å²) < 4.78 is 33.9. The van der Waals surface area contributed by atoms with Gasteiger partial charge in [0.05, 0.1) is 19.0 Å². The van der Waals surface area contributed by atoms with Crippen LogP contribution in [0.4, 0.5) is 5.95 Å². The highest BCUT2D eigenvalue weighted by atomic mass is 32.1. The van der Waals surface area contributed by atoms with Crippen molar-refractivity contribution in [3.05, 3.63) is 16.7 Å². The summed E-state index contributed by atoms with van der Waals surface area (Å²) in [5, 5.41) is 9.09. The van der Waals surface area contributed by atoms with E-state index in [1.54, 1.807) is 4.57 Å². The van der Waals surface area contributed by atoms with E-state index in [0.717, 1.165) is 0 Å². The smallest absolute Gasteiger partial charge is 0.394 e. The minimum absolute atomic E-state index is 0.0263. The third-order valence-corrected chi connectivity index (χ3v) is 3.69. The van der Waals surface area contributed by atoms with Crippen molar-refractivity contribution in [2.75, 3.05) is 12.3 Å². The highest BCUT2D eigenvalue weighted by Crippen LogP contribution is 2.33. The molecular formula is C10H22N5O15P3S. The van der Waals surface area contributed by atoms with Crippen molar-refractivity contribution in [1.82, 2.24) is 19.5 Å². The molecule has 0 spiro atoms. The van der Waals surface area contributed by atoms with Crippen LogP contribution in [0.1, 0.15) is 12.6 Å². The third-order valence-electron chi connectivity index (χ3n) is 3.15. The van der Waals surface area contributed by atoms with Crippen LogP contribution in [0, 0.1) is 0 Å². The number of phosphoric acid groups is 3. The van der Waals surface area contributed by atoms with Crippen molar-refractivity contribution in [1.29, 1.82) is 0 Å². The number of nitrogen functional groups attached to an aromatic ring is 1. The fraction of sp³-hybridized carbons (Fsp3) is 0.500. The molecule has 0 bridgehead atoms. The number of thiol groups is 1. The number of aliphatic hydroxyl groups excluding tert-OH is 1. The van der Waals surface area contributed by atoms with E-state index < -0.39 is 23.5 Å². The van der Waals surface area contributed by atoms with Gasteiger partial charge in [-0.3, -0.25) is 14.3 Å². The minimum Gasteiger partial charge on any atom is -0.394 e. The first kappa shape index (κ1) is 32.8. The lowest BCUT2D eigenvalue weighted by Gasteiger charge is -2.13. The average Bonchev–Trinajstić information content (AvgIpc) is 3.13. The standard InChI is InChI=1S/C10H13N5O3S.3H3O4P/c11-10-13-8-7(9(17)14-10)12-3-15(8)6-1-5(19)4(2-16)18-6;3*1-5(2,3)4/h3-6,16,19H,1-2H2,(H3,11,13,14,17);3*(H3,1,2,3,4)/t4-,5?,6-;;;/m1.../s1. The van der Waals surface area contributed by atoms with Gasteiger partial charge in [-0.25, -0.2) is 18.7 Å². The Kier molecular flexibility index (Phi) is 12.7. The maximum Gasteiger partial charge on any atom is 0.466 e. The Bertz CT molecular complexity index is 1050. The van der Waals surface area contributed by atoms with Gasteiger partial charge in [0.2, 0.25) is 5.95 Å². The summed E-state index contributed by atoms with van der Waals surface area (Å²) in [6.45, 7) is -0.104. The monoisotopic (exact) mass is 577 g/mol. The van der Waals surface area contributed by atoms with Crippen molar-refractivity contribution < 1.29 is 67.6 Å². The van der Waals surface area contributed by atoms with E-state index in [1.165, 1.54) is 6.33 Å². The van der Waals surface area contributed by atoms with Crippen LogP contribution in [0.3, 0.4) is 0 Å². The molecule has 3 rings (SSSR count). The van der Waals surface area contributed by atoms with Crippen molar-refractivity contribution in [2.24, 2.45) is 0 Å². The van der Waals surface area contributed by atoms with Gasteiger partial charge >= 0.3 is 23.5 Å². The molecule has 1 saturated heterocycles. The largest absolute Gasteiger partial charge is 0.466 e. The number of hydrogen-bond donors (Lipinski definition) is 13. The normalized spacial score (nSPS) is 20.4. The second-order valence-electron chi connectivity index (χ2n) is 5.93. The van der Waals surface area contributed by atoms with Crippen LogP contribution in [0.5, 0.6) is 0 Å². The first-order valence-electron chi connectivity index (χ1n) is 8.11. The molecular weight excluding hydrogens is 555 g/mol. The third kappa shape index (κ3) is 15.6. The molecule has 0 amide bonds. The van der Waals surface area contributed by atoms with Crippen LogP contribution >= 0.6 is 36.1 Å². The zero-order valence-electron chi connectivity index (χ0n) is 16.4. The second-order valence-corrected chi connectivity index (χ2v) is 9.67. The number of ether oxygens (including phenoxy) is 1. The van der Waals surface area contributed by atoms with E-state index in [-0.39, 0.29) is 41.2 Å². The first-order valence-corrected chi connectivity index (χ1v) is 13.3. The SMILES string of the molecule is Nc1nc2c(ncn2[C@H]2CC(S)[C@@H](CO)O2)c(=O)[nH]1.O=P(O)(O)O.O=P(O)(O)O.O=P(O)(O)O. The maximum absolute atomic E-state index is 11.7. The Labute approximate surface area is 193 Å². The van der Waals surface area contributed by atoms with E-state index in [2.05, 4.69) is 27.6 Å². The molecule has 3 atom stereocenters. The van der Waals surface area contributed by atoms with Gasteiger partial charge in [-0.15, -0.1) is 0 Å². The van der Waals surface area contributed by atoms with Gasteiger partial charge in [0, 0.05) is 11.7 Å². The predicted molar refractivity (Wildman–Crippen MR) is 114 cm³/mol. The Morgan fingerprint density at radius 1 is 1.06 bits per heavy atom. The van der Waals surface area contributed by atoms with Gasteiger partial charge in [-0.1, -0.05) is 0 Å². The molecule has 34 heavy (non-hydrogen) atoms. The maximum atomic E-state index is 11.7. The highest BCUT2D eigenvalue weighted by Gasteiger charge is 2.34. The van der Waals surface area contributed by atoms with E-state index >= 15 is 0 Å². The topological polar surface area (TPSA) is 352 Å². The number of aromatic amines is 1. The van der Waals surface area contributed by atoms with Gasteiger partial charge in [0.25, 0.3) is 5.56 Å². The van der Waals surface area contributed by atoms with E-state index in [1.807, 2.05) is 0 Å². The van der Waals surface area contributed by atoms with Crippen LogP contribution in [0.15, 0.2) is 11.1 Å². The number of hydrogen-bond acceptors (Lipinski definition) is 10. The Hall–Kier alpha value is -1.25. The quantitative estimate of drug-likeness (QED) is 0.121. The van der Waals surface area contributed by atoms with E-state index in [4.69, 9.17) is 73.3 Å². The molecule has 24 heteroatoms. The number of rotatable bonds is 2. The zero-order valence-corrected chi connectivity index (χ0v) is 20.0. The molecule has 3 heterocycles. The Morgan fingerprint density at radius 3 is 1.88 bits per heavy atom. The number of nitrogens with zero attached hydrogens (tertiary/aromatic N) is 3. The van der Waals surface area contributed by atoms with Crippen LogP contribution in [0.25, 0.3) is 11.2 Å². The van der Waals surface area contributed by atoms with Gasteiger partial charge in [0.1, 0.15) is 6.23 Å². The van der Waals surface area contributed by atoms with Crippen molar-refractivity contribution in [3.63, 3.8) is 0 Å². The summed E-state index contributed by atoms with van der Waals surface area (Å²) in [7, 11) is -13.9. The molecule has 2 aromatic rings. The van der Waals surface area contributed by atoms with E-state index in [0.29, 0.717) is 12.1 Å². The molecule has 198 valence electrons. The minimum atomic E-state index is -4.64. The summed E-state index contributed by atoms with van der Waals surface area (Å²) in [6, 6.07) is 0. The summed E-state index contributed by atoms with van der Waals surface area (Å²) in [6.07, 6.45) is 1.37. The molecule has 1 unspecified atom stereocenters. The molecule has 1 fully saturated rings. The highest BCUT2D eigenvalue weighted by molar-refractivity contribution is 7.81. The number of imidazole rings is 1. The predicted octanol–water partition coefficient (Wildman–Crippen LogP) is -3.51. The lowest BCUT2D eigenvalue weighted by Crippen LogP contribution is -2.20. The Morgan fingerprint density at radius 2 is 1.50 bits per heavy atom. The van der Waals surface area contributed by atoms with Crippen molar-refractivity contribution in [2.45, 2.75) is 24.0 Å². The van der Waals surface area contributed by atoms with Crippen LogP contribution in [-0.4, -0.2) is 86.6 Å². The lowest BCUT2D eigenvalue weighted by molar-refractivity contribution is -0.0197. The zero-order chi connectivity index (χ0) is 27.1. The lowest BCUT2D eigenvalue weighted by atomic mass is 10.2. The number of fused-ring (bicyclic) bond motifs is 1. The molecule has 0 radical (unpaired) electrons. The molecule has 2 aromatic heterocycles. The first-order chi connectivity index (χ1) is 15.1. The van der Waals surface area contributed by atoms with Gasteiger partial charge in [0.15, 0.2) is 11.2 Å². The molecule has 1 aliphatic rings. The number of H-pyrrole nitrogens is 1. The van der Waals surface area contributed by atoms with Crippen LogP contribution in [-0.2, 0) is 18.4 Å². The molecule has 0 saturated carbocycles. The molecule has 0 aromatic carbocycles. The van der Waals surface area contributed by atoms with Gasteiger partial charge in [-0.05, 0) is 0 Å². The van der Waals surface area contributed by atoms with Crippen LogP contribution in [0.2, 0.25) is 0 Å². The molecule has 0 aliphatic carbocycles. The fourth-order valence-corrected chi connectivity index (χ4v) is 2.55. The number of nitrogens with one attached hydrogen (secondary N) is 1. The second kappa shape index (κ2) is 13.2. The molecule has 20 nitrogen and oxygen atoms in total. The summed E-state index contributed by atoms with van der Waals surface area (Å²) >= 11 is 4.36. The molecule has 13 N–H and O–H groups in total. The Balaban J connectivity index is 0.000000599. The molecule has 1 aliphatic heterocycles. The van der Waals surface area contributed by atoms with Crippen molar-refractivity contribution in [3.8, 4) is 0 Å². The van der Waals surface area contributed by atoms with Gasteiger partial charge in [-0.2, -0.15) is 17.6 Å². The summed E-state index contributed by atoms with van der Waals surface area (Å²) in [5.41, 5.74) is 5.72. The van der Waals surface area contributed by atoms with E-state index in [9.17, 15) is 4.79 Å². The number of aliphatic hydroxyl groups is 1. The number of aromatic nitrogens is 4. The number of anilines is 1. The van der Waals surface area contributed by atoms with Crippen LogP contribution < -0.4 is 11.3 Å².